The lowest BCUT2D eigenvalue weighted by Gasteiger charge is -2.34. The van der Waals surface area contributed by atoms with E-state index in [4.69, 9.17) is 15.2 Å². The monoisotopic (exact) mass is 327 g/mol. The van der Waals surface area contributed by atoms with Gasteiger partial charge in [0.15, 0.2) is 11.5 Å². The minimum Gasteiger partial charge on any atom is -0.493 e. The van der Waals surface area contributed by atoms with Crippen molar-refractivity contribution in [1.82, 2.24) is 0 Å². The second-order valence-corrected chi connectivity index (χ2v) is 6.39. The lowest BCUT2D eigenvalue weighted by atomic mass is 9.77. The van der Waals surface area contributed by atoms with Crippen molar-refractivity contribution in [2.75, 3.05) is 7.11 Å². The highest BCUT2D eigenvalue weighted by Crippen LogP contribution is 2.36. The predicted molar refractivity (Wildman–Crippen MR) is 94.0 cm³/mol. The van der Waals surface area contributed by atoms with E-state index in [-0.39, 0.29) is 0 Å². The summed E-state index contributed by atoms with van der Waals surface area (Å²) in [7, 11) is 1.62. The van der Waals surface area contributed by atoms with E-state index in [9.17, 15) is 5.11 Å². The topological polar surface area (TPSA) is 64.7 Å². The van der Waals surface area contributed by atoms with Gasteiger partial charge in [-0.1, -0.05) is 42.8 Å². The molecule has 2 atom stereocenters. The Balaban J connectivity index is 1.74. The predicted octanol–water partition coefficient (Wildman–Crippen LogP) is 3.44. The number of aliphatic hydroxyl groups excluding tert-OH is 1. The average Bonchev–Trinajstić information content (AvgIpc) is 2.58. The summed E-state index contributed by atoms with van der Waals surface area (Å²) in [6, 6.07) is 15.2. The smallest absolute Gasteiger partial charge is 0.161 e. The van der Waals surface area contributed by atoms with E-state index in [1.807, 2.05) is 48.5 Å². The Hall–Kier alpha value is -2.04. The molecule has 0 bridgehead atoms. The average molecular weight is 327 g/mol. The Bertz CT molecular complexity index is 655. The number of aliphatic hydroxyl groups is 1. The van der Waals surface area contributed by atoms with E-state index in [0.717, 1.165) is 24.0 Å². The minimum atomic E-state index is -0.505. The zero-order valence-electron chi connectivity index (χ0n) is 14.0. The number of nitrogens with two attached hydrogens (primary N) is 1. The van der Waals surface area contributed by atoms with Crippen LogP contribution in [0.3, 0.4) is 0 Å². The molecule has 2 aromatic carbocycles. The van der Waals surface area contributed by atoms with E-state index < -0.39 is 12.1 Å². The van der Waals surface area contributed by atoms with Crippen molar-refractivity contribution in [3.63, 3.8) is 0 Å². The minimum absolute atomic E-state index is 0.316. The van der Waals surface area contributed by atoms with Crippen LogP contribution in [0, 0.1) is 5.92 Å². The molecule has 4 nitrogen and oxygen atoms in total. The molecule has 0 spiro atoms. The van der Waals surface area contributed by atoms with Crippen molar-refractivity contribution in [3.05, 3.63) is 59.7 Å². The van der Waals surface area contributed by atoms with Gasteiger partial charge in [0, 0.05) is 0 Å². The van der Waals surface area contributed by atoms with Crippen molar-refractivity contribution in [2.24, 2.45) is 11.7 Å². The molecule has 4 heteroatoms. The first-order valence-electron chi connectivity index (χ1n) is 8.47. The number of rotatable bonds is 7. The van der Waals surface area contributed by atoms with Gasteiger partial charge in [-0.3, -0.25) is 0 Å². The van der Waals surface area contributed by atoms with Gasteiger partial charge in [-0.2, -0.15) is 0 Å². The molecule has 24 heavy (non-hydrogen) atoms. The molecule has 0 aliphatic heterocycles. The van der Waals surface area contributed by atoms with E-state index in [1.54, 1.807) is 7.11 Å². The first-order valence-corrected chi connectivity index (χ1v) is 8.47. The zero-order valence-corrected chi connectivity index (χ0v) is 14.0. The maximum Gasteiger partial charge on any atom is 0.161 e. The first kappa shape index (κ1) is 16.8. The fraction of sp³-hybridized carbons (Fsp3) is 0.400. The van der Waals surface area contributed by atoms with Crippen molar-refractivity contribution in [3.8, 4) is 11.5 Å². The summed E-state index contributed by atoms with van der Waals surface area (Å²) in [5.74, 6) is 1.63. The van der Waals surface area contributed by atoms with Crippen molar-refractivity contribution in [1.29, 1.82) is 0 Å². The maximum atomic E-state index is 10.4. The van der Waals surface area contributed by atoms with Crippen LogP contribution in [-0.2, 0) is 6.61 Å². The van der Waals surface area contributed by atoms with E-state index in [0.29, 0.717) is 24.0 Å². The lowest BCUT2D eigenvalue weighted by Crippen LogP contribution is -2.36. The van der Waals surface area contributed by atoms with Crippen LogP contribution in [0.5, 0.6) is 11.5 Å². The Morgan fingerprint density at radius 2 is 1.88 bits per heavy atom. The standard InChI is InChI=1S/C20H25NO3/c1-23-17-11-10-16(19(21)20(22)15-8-5-9-15)12-18(17)24-13-14-6-3-2-4-7-14/h2-4,6-7,10-12,15,19-20,22H,5,8-9,13,21H2,1H3/t19-,20+/m1/s1. The number of hydrogen-bond donors (Lipinski definition) is 2. The van der Waals surface area contributed by atoms with Crippen molar-refractivity contribution >= 4 is 0 Å². The number of ether oxygens (including phenoxy) is 2. The Morgan fingerprint density at radius 3 is 2.50 bits per heavy atom. The van der Waals surface area contributed by atoms with E-state index in [1.165, 1.54) is 6.42 Å². The molecule has 1 fully saturated rings. The summed E-state index contributed by atoms with van der Waals surface area (Å²) < 4.78 is 11.3. The molecular formula is C20H25NO3. The van der Waals surface area contributed by atoms with Crippen LogP contribution < -0.4 is 15.2 Å². The van der Waals surface area contributed by atoms with Crippen LogP contribution in [-0.4, -0.2) is 18.3 Å². The molecule has 0 aromatic heterocycles. The Kier molecular flexibility index (Phi) is 5.38. The molecular weight excluding hydrogens is 302 g/mol. The number of methoxy groups -OCH3 is 1. The normalized spacial score (nSPS) is 17.0. The van der Waals surface area contributed by atoms with Gasteiger partial charge in [0.1, 0.15) is 6.61 Å². The van der Waals surface area contributed by atoms with Crippen LogP contribution >= 0.6 is 0 Å². The third-order valence-electron chi connectivity index (χ3n) is 4.81. The molecule has 0 saturated heterocycles. The molecule has 1 saturated carbocycles. The van der Waals surface area contributed by atoms with Crippen LogP contribution in [0.1, 0.15) is 36.4 Å². The fourth-order valence-electron chi connectivity index (χ4n) is 3.02. The molecule has 0 amide bonds. The van der Waals surface area contributed by atoms with E-state index in [2.05, 4.69) is 0 Å². The lowest BCUT2D eigenvalue weighted by molar-refractivity contribution is 0.0413. The fourth-order valence-corrected chi connectivity index (χ4v) is 3.02. The van der Waals surface area contributed by atoms with Crippen molar-refractivity contribution < 1.29 is 14.6 Å². The molecule has 128 valence electrons. The van der Waals surface area contributed by atoms with Crippen LogP contribution in [0.2, 0.25) is 0 Å². The summed E-state index contributed by atoms with van der Waals surface area (Å²) in [6.45, 7) is 0.459. The molecule has 2 aromatic rings. The molecule has 0 heterocycles. The molecule has 3 N–H and O–H groups in total. The summed E-state index contributed by atoms with van der Waals surface area (Å²) >= 11 is 0. The van der Waals surface area contributed by atoms with Crippen molar-refractivity contribution in [2.45, 2.75) is 38.0 Å². The first-order chi connectivity index (χ1) is 11.7. The summed E-state index contributed by atoms with van der Waals surface area (Å²) in [5.41, 5.74) is 8.23. The van der Waals surface area contributed by atoms with Gasteiger partial charge in [-0.05, 0) is 42.0 Å². The molecule has 1 aliphatic rings. The van der Waals surface area contributed by atoms with Crippen LogP contribution in [0.25, 0.3) is 0 Å². The summed E-state index contributed by atoms with van der Waals surface area (Å²) in [6.07, 6.45) is 2.79. The SMILES string of the molecule is COc1ccc([C@@H](N)[C@@H](O)C2CCC2)cc1OCc1ccccc1. The molecule has 0 radical (unpaired) electrons. The van der Waals surface area contributed by atoms with Gasteiger partial charge in [-0.25, -0.2) is 0 Å². The molecule has 3 rings (SSSR count). The highest BCUT2D eigenvalue weighted by molar-refractivity contribution is 5.44. The van der Waals surface area contributed by atoms with Gasteiger partial charge in [0.2, 0.25) is 0 Å². The number of hydrogen-bond acceptors (Lipinski definition) is 4. The Morgan fingerprint density at radius 1 is 1.12 bits per heavy atom. The van der Waals surface area contributed by atoms with Gasteiger partial charge >= 0.3 is 0 Å². The molecule has 1 aliphatic carbocycles. The van der Waals surface area contributed by atoms with Crippen LogP contribution in [0.15, 0.2) is 48.5 Å². The van der Waals surface area contributed by atoms with Gasteiger partial charge in [0.05, 0.1) is 19.3 Å². The summed E-state index contributed by atoms with van der Waals surface area (Å²) in [5, 5.41) is 10.4. The second-order valence-electron chi connectivity index (χ2n) is 6.39. The second kappa shape index (κ2) is 7.69. The Labute approximate surface area is 143 Å². The number of benzene rings is 2. The molecule has 0 unspecified atom stereocenters. The maximum absolute atomic E-state index is 10.4. The quantitative estimate of drug-likeness (QED) is 0.818. The van der Waals surface area contributed by atoms with Crippen LogP contribution in [0.4, 0.5) is 0 Å². The van der Waals surface area contributed by atoms with Gasteiger partial charge < -0.3 is 20.3 Å². The van der Waals surface area contributed by atoms with E-state index >= 15 is 0 Å². The summed E-state index contributed by atoms with van der Waals surface area (Å²) in [4.78, 5) is 0. The third-order valence-corrected chi connectivity index (χ3v) is 4.81. The highest BCUT2D eigenvalue weighted by Gasteiger charge is 2.31. The van der Waals surface area contributed by atoms with Gasteiger partial charge in [0.25, 0.3) is 0 Å². The highest BCUT2D eigenvalue weighted by atomic mass is 16.5. The zero-order chi connectivity index (χ0) is 16.9. The van der Waals surface area contributed by atoms with Gasteiger partial charge in [-0.15, -0.1) is 0 Å². The third kappa shape index (κ3) is 3.71. The largest absolute Gasteiger partial charge is 0.493 e.